The number of aliphatic hydroxyl groups is 1. The van der Waals surface area contributed by atoms with Gasteiger partial charge in [0.05, 0.1) is 20.3 Å². The minimum absolute atomic E-state index is 0.0196. The molecule has 0 saturated carbocycles. The molecule has 1 aliphatic heterocycles. The molecule has 1 heterocycles. The van der Waals surface area contributed by atoms with Crippen molar-refractivity contribution in [2.45, 2.75) is 83.7 Å². The maximum Gasteiger partial charge on any atom is 0.222 e. The number of hydrogen-bond donors (Lipinski definition) is 3. The molecule has 0 bridgehead atoms. The number of aryl methyl sites for hydroxylation is 2. The van der Waals surface area contributed by atoms with Crippen LogP contribution in [0.4, 0.5) is 0 Å². The van der Waals surface area contributed by atoms with E-state index in [2.05, 4.69) is 79.8 Å². The van der Waals surface area contributed by atoms with Crippen LogP contribution in [0.3, 0.4) is 0 Å². The molecule has 4 N–H and O–H groups in total. The topological polar surface area (TPSA) is 114 Å². The molecule has 0 aromatic heterocycles. The first-order valence-electron chi connectivity index (χ1n) is 18.0. The van der Waals surface area contributed by atoms with Gasteiger partial charge >= 0.3 is 0 Å². The molecule has 1 aliphatic rings. The summed E-state index contributed by atoms with van der Waals surface area (Å²) in [6, 6.07) is 25.0. The van der Waals surface area contributed by atoms with Crippen LogP contribution in [0.1, 0.15) is 92.0 Å². The van der Waals surface area contributed by atoms with Gasteiger partial charge in [0.25, 0.3) is 0 Å². The molecule has 0 aliphatic carbocycles. The number of hydrogen-bond acceptors (Lipinski definition) is 6. The number of nitrogens with two attached hydrogens (primary N) is 1. The smallest absolute Gasteiger partial charge is 0.222 e. The van der Waals surface area contributed by atoms with E-state index in [1.165, 1.54) is 0 Å². The quantitative estimate of drug-likeness (QED) is 0.100. The second-order valence-corrected chi connectivity index (χ2v) is 13.7. The van der Waals surface area contributed by atoms with E-state index >= 15 is 0 Å². The summed E-state index contributed by atoms with van der Waals surface area (Å²) in [4.78, 5) is 27.0. The van der Waals surface area contributed by atoms with Crippen molar-refractivity contribution in [3.8, 4) is 5.75 Å². The summed E-state index contributed by atoms with van der Waals surface area (Å²) in [6.45, 7) is 6.97. The third kappa shape index (κ3) is 10.4. The Kier molecular flexibility index (Phi) is 14.7. The normalized spacial score (nSPS) is 14.4. The van der Waals surface area contributed by atoms with Gasteiger partial charge in [-0.05, 0) is 87.7 Å². The summed E-state index contributed by atoms with van der Waals surface area (Å²) in [5.41, 5.74) is 9.43. The highest BCUT2D eigenvalue weighted by atomic mass is 16.5. The second kappa shape index (κ2) is 18.9. The number of carbonyl (C=O) groups is 2. The molecule has 49 heavy (non-hydrogen) atoms. The number of amides is 2. The van der Waals surface area contributed by atoms with Crippen molar-refractivity contribution in [3.63, 3.8) is 0 Å². The van der Waals surface area contributed by atoms with Crippen LogP contribution < -0.4 is 15.8 Å². The van der Waals surface area contributed by atoms with Crippen LogP contribution in [-0.4, -0.2) is 68.3 Å². The fraction of sp³-hybridized carbons (Fsp3) is 0.512. The molecule has 3 aromatic carbocycles. The zero-order chi connectivity index (χ0) is 35.1. The number of carbonyl (C=O) groups excluding carboxylic acids is 2. The lowest BCUT2D eigenvalue weighted by Gasteiger charge is -2.44. The van der Waals surface area contributed by atoms with Gasteiger partial charge in [0, 0.05) is 37.9 Å². The second-order valence-electron chi connectivity index (χ2n) is 13.7. The molecule has 8 nitrogen and oxygen atoms in total. The van der Waals surface area contributed by atoms with E-state index in [1.54, 1.807) is 7.11 Å². The molecule has 2 amide bonds. The molecule has 0 spiro atoms. The Labute approximate surface area is 293 Å². The summed E-state index contributed by atoms with van der Waals surface area (Å²) >= 11 is 0. The van der Waals surface area contributed by atoms with Crippen molar-refractivity contribution in [2.24, 2.45) is 11.1 Å². The number of likely N-dealkylation sites (tertiary alicyclic amines) is 1. The molecular formula is C41H57N3O5. The van der Waals surface area contributed by atoms with Gasteiger partial charge in [-0.15, -0.1) is 0 Å². The van der Waals surface area contributed by atoms with E-state index in [0.29, 0.717) is 58.5 Å². The largest absolute Gasteiger partial charge is 0.497 e. The fourth-order valence-corrected chi connectivity index (χ4v) is 6.65. The summed E-state index contributed by atoms with van der Waals surface area (Å²) in [6.07, 6.45) is 7.75. The number of nitrogens with zero attached hydrogens (tertiary/aromatic N) is 1. The monoisotopic (exact) mass is 671 g/mol. The van der Waals surface area contributed by atoms with Crippen molar-refractivity contribution in [3.05, 3.63) is 101 Å². The maximum atomic E-state index is 13.1. The standard InChI is InChI=1S/C41H57N3O5/c1-32-12-16-34(17-13-32)41(35-18-14-33(2)15-19-35,36-20-22-37(48-3)23-21-36)49-31-40(30-45)24-28-44(29-25-40)39(47)11-7-5-9-27-43-38(46)10-6-4-8-26-42/h12-23,45H,4-11,24-31,42H2,1-3H3,(H,43,46). The van der Waals surface area contributed by atoms with E-state index in [-0.39, 0.29) is 18.4 Å². The van der Waals surface area contributed by atoms with Crippen LogP contribution in [0.25, 0.3) is 0 Å². The van der Waals surface area contributed by atoms with Crippen molar-refractivity contribution >= 4 is 11.8 Å². The van der Waals surface area contributed by atoms with Gasteiger partial charge in [-0.2, -0.15) is 0 Å². The average Bonchev–Trinajstić information content (AvgIpc) is 3.13. The number of nitrogens with one attached hydrogen (secondary N) is 1. The molecule has 1 saturated heterocycles. The van der Waals surface area contributed by atoms with Crippen molar-refractivity contribution in [2.75, 3.05) is 46.5 Å². The molecule has 0 unspecified atom stereocenters. The molecular weight excluding hydrogens is 614 g/mol. The highest BCUT2D eigenvalue weighted by Crippen LogP contribution is 2.44. The molecule has 1 fully saturated rings. The lowest BCUT2D eigenvalue weighted by Crippen LogP contribution is -2.48. The number of piperidine rings is 1. The summed E-state index contributed by atoms with van der Waals surface area (Å²) in [5, 5.41) is 13.8. The highest BCUT2D eigenvalue weighted by molar-refractivity contribution is 5.76. The Morgan fingerprint density at radius 3 is 1.86 bits per heavy atom. The average molecular weight is 672 g/mol. The van der Waals surface area contributed by atoms with Gasteiger partial charge in [-0.1, -0.05) is 84.6 Å². The van der Waals surface area contributed by atoms with Crippen LogP contribution in [0.2, 0.25) is 0 Å². The van der Waals surface area contributed by atoms with Crippen molar-refractivity contribution < 1.29 is 24.2 Å². The first-order valence-corrected chi connectivity index (χ1v) is 18.0. The Balaban J connectivity index is 1.39. The van der Waals surface area contributed by atoms with Gasteiger partial charge < -0.3 is 30.5 Å². The summed E-state index contributed by atoms with van der Waals surface area (Å²) in [7, 11) is 1.66. The predicted molar refractivity (Wildman–Crippen MR) is 196 cm³/mol. The zero-order valence-electron chi connectivity index (χ0n) is 29.8. The van der Waals surface area contributed by atoms with Crippen LogP contribution in [0, 0.1) is 19.3 Å². The summed E-state index contributed by atoms with van der Waals surface area (Å²) < 4.78 is 12.7. The van der Waals surface area contributed by atoms with E-state index in [0.717, 1.165) is 72.1 Å². The van der Waals surface area contributed by atoms with E-state index < -0.39 is 11.0 Å². The van der Waals surface area contributed by atoms with Crippen LogP contribution in [-0.2, 0) is 19.9 Å². The number of ether oxygens (including phenoxy) is 2. The van der Waals surface area contributed by atoms with Gasteiger partial charge in [-0.3, -0.25) is 9.59 Å². The van der Waals surface area contributed by atoms with Gasteiger partial charge in [0.2, 0.25) is 11.8 Å². The van der Waals surface area contributed by atoms with Gasteiger partial charge in [0.15, 0.2) is 0 Å². The van der Waals surface area contributed by atoms with Gasteiger partial charge in [-0.25, -0.2) is 0 Å². The third-order valence-corrected chi connectivity index (χ3v) is 10.0. The SMILES string of the molecule is COc1ccc(C(OCC2(CO)CCN(C(=O)CCCCCNC(=O)CCCCCN)CC2)(c2ccc(C)cc2)c2ccc(C)cc2)cc1. The number of aliphatic hydroxyl groups excluding tert-OH is 1. The zero-order valence-corrected chi connectivity index (χ0v) is 29.8. The number of unbranched alkanes of at least 4 members (excludes halogenated alkanes) is 4. The Morgan fingerprint density at radius 2 is 1.33 bits per heavy atom. The third-order valence-electron chi connectivity index (χ3n) is 10.0. The highest BCUT2D eigenvalue weighted by Gasteiger charge is 2.43. The van der Waals surface area contributed by atoms with Crippen LogP contribution in [0.15, 0.2) is 72.8 Å². The Morgan fingerprint density at radius 1 is 0.796 bits per heavy atom. The van der Waals surface area contributed by atoms with Crippen molar-refractivity contribution in [1.82, 2.24) is 10.2 Å². The number of benzene rings is 3. The first-order chi connectivity index (χ1) is 23.7. The minimum atomic E-state index is -0.924. The Hall–Kier alpha value is -3.72. The molecule has 0 radical (unpaired) electrons. The minimum Gasteiger partial charge on any atom is -0.497 e. The summed E-state index contributed by atoms with van der Waals surface area (Å²) in [5.74, 6) is 1.02. The molecule has 3 aromatic rings. The maximum absolute atomic E-state index is 13.1. The molecule has 8 heteroatoms. The van der Waals surface area contributed by atoms with Gasteiger partial charge in [0.1, 0.15) is 11.4 Å². The van der Waals surface area contributed by atoms with Crippen LogP contribution in [0.5, 0.6) is 5.75 Å². The van der Waals surface area contributed by atoms with E-state index in [1.807, 2.05) is 17.0 Å². The number of methoxy groups -OCH3 is 1. The molecule has 266 valence electrons. The number of rotatable bonds is 19. The van der Waals surface area contributed by atoms with Crippen LogP contribution >= 0.6 is 0 Å². The Bertz CT molecular complexity index is 1390. The molecule has 0 atom stereocenters. The van der Waals surface area contributed by atoms with E-state index in [9.17, 15) is 14.7 Å². The lowest BCUT2D eigenvalue weighted by molar-refractivity contribution is -0.137. The van der Waals surface area contributed by atoms with Crippen molar-refractivity contribution in [1.29, 1.82) is 0 Å². The predicted octanol–water partition coefficient (Wildman–Crippen LogP) is 6.42. The molecule has 4 rings (SSSR count). The van der Waals surface area contributed by atoms with E-state index in [4.69, 9.17) is 15.2 Å². The lowest BCUT2D eigenvalue weighted by atomic mass is 9.77. The fourth-order valence-electron chi connectivity index (χ4n) is 6.65. The first kappa shape index (κ1) is 38.1.